The standard InChI is InChI=1S/C13H26N2O3/c1-5-10(4)12(14)13(18)15(9(2)3)8-6-7-11(16)17/h9-10,12H,5-8,14H2,1-4H3,(H,16,17)/t10-,12-/m0/s1. The second kappa shape index (κ2) is 8.08. The second-order valence-corrected chi connectivity index (χ2v) is 5.03. The summed E-state index contributed by atoms with van der Waals surface area (Å²) in [6, 6.07) is -0.455. The number of nitrogens with two attached hydrogens (primary N) is 1. The Morgan fingerprint density at radius 2 is 1.83 bits per heavy atom. The molecule has 5 heteroatoms. The second-order valence-electron chi connectivity index (χ2n) is 5.03. The Morgan fingerprint density at radius 3 is 2.22 bits per heavy atom. The molecule has 0 rings (SSSR count). The van der Waals surface area contributed by atoms with Gasteiger partial charge in [-0.15, -0.1) is 0 Å². The van der Waals surface area contributed by atoms with Crippen molar-refractivity contribution in [1.82, 2.24) is 4.90 Å². The van der Waals surface area contributed by atoms with Crippen LogP contribution in [0.5, 0.6) is 0 Å². The number of aliphatic carboxylic acids is 1. The lowest BCUT2D eigenvalue weighted by Gasteiger charge is -2.31. The van der Waals surface area contributed by atoms with Crippen LogP contribution in [0.4, 0.5) is 0 Å². The third kappa shape index (κ3) is 5.49. The molecule has 0 saturated heterocycles. The summed E-state index contributed by atoms with van der Waals surface area (Å²) >= 11 is 0. The quantitative estimate of drug-likeness (QED) is 0.690. The van der Waals surface area contributed by atoms with Gasteiger partial charge in [0.05, 0.1) is 6.04 Å². The highest BCUT2D eigenvalue weighted by molar-refractivity contribution is 5.82. The van der Waals surface area contributed by atoms with Crippen molar-refractivity contribution in [3.05, 3.63) is 0 Å². The van der Waals surface area contributed by atoms with E-state index in [1.165, 1.54) is 0 Å². The van der Waals surface area contributed by atoms with Gasteiger partial charge in [0.2, 0.25) is 5.91 Å². The van der Waals surface area contributed by atoms with Crippen molar-refractivity contribution < 1.29 is 14.7 Å². The maximum absolute atomic E-state index is 12.2. The summed E-state index contributed by atoms with van der Waals surface area (Å²) in [5.41, 5.74) is 5.93. The molecule has 3 N–H and O–H groups in total. The molecule has 0 bridgehead atoms. The number of amides is 1. The van der Waals surface area contributed by atoms with Gasteiger partial charge in [-0.3, -0.25) is 9.59 Å². The van der Waals surface area contributed by atoms with Crippen LogP contribution in [0.3, 0.4) is 0 Å². The highest BCUT2D eigenvalue weighted by Gasteiger charge is 2.26. The van der Waals surface area contributed by atoms with E-state index in [1.807, 2.05) is 27.7 Å². The van der Waals surface area contributed by atoms with Crippen LogP contribution in [0.1, 0.15) is 47.0 Å². The topological polar surface area (TPSA) is 83.6 Å². The van der Waals surface area contributed by atoms with Crippen molar-refractivity contribution >= 4 is 11.9 Å². The number of carboxylic acids is 1. The summed E-state index contributed by atoms with van der Waals surface area (Å²) in [7, 11) is 0. The van der Waals surface area contributed by atoms with E-state index in [2.05, 4.69) is 0 Å². The SMILES string of the molecule is CC[C@H](C)[C@H](N)C(=O)N(CCCC(=O)O)C(C)C. The van der Waals surface area contributed by atoms with Gasteiger partial charge >= 0.3 is 5.97 Å². The van der Waals surface area contributed by atoms with Crippen LogP contribution in [0.15, 0.2) is 0 Å². The minimum Gasteiger partial charge on any atom is -0.481 e. The Morgan fingerprint density at radius 1 is 1.28 bits per heavy atom. The van der Waals surface area contributed by atoms with Crippen LogP contribution in [0.2, 0.25) is 0 Å². The Kier molecular flexibility index (Phi) is 7.59. The average Bonchev–Trinajstić information content (AvgIpc) is 2.31. The average molecular weight is 258 g/mol. The van der Waals surface area contributed by atoms with E-state index >= 15 is 0 Å². The van der Waals surface area contributed by atoms with Crippen LogP contribution in [0, 0.1) is 5.92 Å². The largest absolute Gasteiger partial charge is 0.481 e. The maximum Gasteiger partial charge on any atom is 0.303 e. The Balaban J connectivity index is 4.49. The number of nitrogens with zero attached hydrogens (tertiary/aromatic N) is 1. The lowest BCUT2D eigenvalue weighted by Crippen LogP contribution is -2.50. The molecule has 18 heavy (non-hydrogen) atoms. The van der Waals surface area contributed by atoms with E-state index in [-0.39, 0.29) is 24.3 Å². The smallest absolute Gasteiger partial charge is 0.303 e. The molecule has 106 valence electrons. The lowest BCUT2D eigenvalue weighted by molar-refractivity contribution is -0.139. The first-order valence-corrected chi connectivity index (χ1v) is 6.59. The lowest BCUT2D eigenvalue weighted by atomic mass is 9.98. The summed E-state index contributed by atoms with van der Waals surface area (Å²) in [6.07, 6.45) is 1.40. The Hall–Kier alpha value is -1.10. The zero-order chi connectivity index (χ0) is 14.3. The molecule has 0 unspecified atom stereocenters. The predicted molar refractivity (Wildman–Crippen MR) is 71.1 cm³/mol. The summed E-state index contributed by atoms with van der Waals surface area (Å²) in [5.74, 6) is -0.777. The third-order valence-corrected chi connectivity index (χ3v) is 3.24. The molecule has 0 heterocycles. The highest BCUT2D eigenvalue weighted by atomic mass is 16.4. The first-order chi connectivity index (χ1) is 8.31. The fourth-order valence-corrected chi connectivity index (χ4v) is 1.71. The van der Waals surface area contributed by atoms with E-state index in [0.717, 1.165) is 6.42 Å². The Labute approximate surface area is 109 Å². The molecule has 0 spiro atoms. The van der Waals surface area contributed by atoms with Crippen molar-refractivity contribution in [2.24, 2.45) is 11.7 Å². The number of hydrogen-bond acceptors (Lipinski definition) is 3. The molecule has 0 aromatic carbocycles. The molecule has 1 amide bonds. The van der Waals surface area contributed by atoms with E-state index < -0.39 is 12.0 Å². The van der Waals surface area contributed by atoms with Gasteiger partial charge in [0, 0.05) is 19.0 Å². The van der Waals surface area contributed by atoms with E-state index in [0.29, 0.717) is 13.0 Å². The van der Waals surface area contributed by atoms with Gasteiger partial charge in [0.25, 0.3) is 0 Å². The van der Waals surface area contributed by atoms with Gasteiger partial charge in [-0.05, 0) is 26.2 Å². The van der Waals surface area contributed by atoms with Gasteiger partial charge in [0.15, 0.2) is 0 Å². The summed E-state index contributed by atoms with van der Waals surface area (Å²) < 4.78 is 0. The van der Waals surface area contributed by atoms with Crippen LogP contribution in [0.25, 0.3) is 0 Å². The van der Waals surface area contributed by atoms with Crippen molar-refractivity contribution in [2.75, 3.05) is 6.54 Å². The molecule has 5 nitrogen and oxygen atoms in total. The molecule has 0 aromatic heterocycles. The molecule has 0 aromatic rings. The molecule has 0 radical (unpaired) electrons. The summed E-state index contributed by atoms with van der Waals surface area (Å²) in [6.45, 7) is 8.25. The van der Waals surface area contributed by atoms with Crippen LogP contribution < -0.4 is 5.73 Å². The normalized spacial score (nSPS) is 14.3. The molecular formula is C13H26N2O3. The number of carbonyl (C=O) groups excluding carboxylic acids is 1. The zero-order valence-corrected chi connectivity index (χ0v) is 11.8. The van der Waals surface area contributed by atoms with Crippen molar-refractivity contribution in [3.63, 3.8) is 0 Å². The maximum atomic E-state index is 12.2. The first kappa shape index (κ1) is 16.9. The molecule has 0 saturated carbocycles. The van der Waals surface area contributed by atoms with Gasteiger partial charge in [-0.1, -0.05) is 20.3 Å². The summed E-state index contributed by atoms with van der Waals surface area (Å²) in [4.78, 5) is 24.4. The fraction of sp³-hybridized carbons (Fsp3) is 0.846. The van der Waals surface area contributed by atoms with E-state index in [4.69, 9.17) is 10.8 Å². The molecule has 0 aliphatic rings. The minimum absolute atomic E-state index is 0.0430. The van der Waals surface area contributed by atoms with Crippen LogP contribution in [-0.2, 0) is 9.59 Å². The van der Waals surface area contributed by atoms with Crippen LogP contribution >= 0.6 is 0 Å². The van der Waals surface area contributed by atoms with Gasteiger partial charge in [0.1, 0.15) is 0 Å². The van der Waals surface area contributed by atoms with Gasteiger partial charge in [-0.25, -0.2) is 0 Å². The Bertz CT molecular complexity index is 279. The third-order valence-electron chi connectivity index (χ3n) is 3.24. The van der Waals surface area contributed by atoms with Crippen molar-refractivity contribution in [1.29, 1.82) is 0 Å². The van der Waals surface area contributed by atoms with Crippen LogP contribution in [-0.4, -0.2) is 40.5 Å². The zero-order valence-electron chi connectivity index (χ0n) is 11.8. The van der Waals surface area contributed by atoms with Gasteiger partial charge in [-0.2, -0.15) is 0 Å². The molecule has 0 fully saturated rings. The predicted octanol–water partition coefficient (Wildman–Crippen LogP) is 1.46. The van der Waals surface area contributed by atoms with E-state index in [9.17, 15) is 9.59 Å². The first-order valence-electron chi connectivity index (χ1n) is 6.59. The minimum atomic E-state index is -0.836. The molecular weight excluding hydrogens is 232 g/mol. The van der Waals surface area contributed by atoms with Gasteiger partial charge < -0.3 is 15.7 Å². The number of carboxylic acid groups (broad SMARTS) is 1. The number of hydrogen-bond donors (Lipinski definition) is 2. The molecule has 0 aliphatic heterocycles. The molecule has 2 atom stereocenters. The van der Waals surface area contributed by atoms with E-state index in [1.54, 1.807) is 4.90 Å². The van der Waals surface area contributed by atoms with Crippen molar-refractivity contribution in [3.8, 4) is 0 Å². The number of rotatable bonds is 8. The van der Waals surface area contributed by atoms with Crippen molar-refractivity contribution in [2.45, 2.75) is 59.0 Å². The highest BCUT2D eigenvalue weighted by Crippen LogP contribution is 2.11. The fourth-order valence-electron chi connectivity index (χ4n) is 1.71. The summed E-state index contributed by atoms with van der Waals surface area (Å²) in [5, 5.41) is 8.61. The number of carbonyl (C=O) groups is 2. The monoisotopic (exact) mass is 258 g/mol. The molecule has 0 aliphatic carbocycles.